The van der Waals surface area contributed by atoms with E-state index < -0.39 is 0 Å². The summed E-state index contributed by atoms with van der Waals surface area (Å²) in [6.45, 7) is 0. The van der Waals surface area contributed by atoms with Gasteiger partial charge >= 0.3 is 0 Å². The van der Waals surface area contributed by atoms with Crippen molar-refractivity contribution in [2.45, 2.75) is 0 Å². The van der Waals surface area contributed by atoms with Crippen molar-refractivity contribution >= 4 is 71.3 Å². The number of benzene rings is 11. The van der Waals surface area contributed by atoms with Crippen LogP contribution in [0, 0.1) is 0 Å². The number of rotatable bonds is 7. The maximum absolute atomic E-state index is 6.79. The predicted octanol–water partition coefficient (Wildman–Crippen LogP) is 17.2. The molecule has 0 amide bonds. The van der Waals surface area contributed by atoms with E-state index in [9.17, 15) is 0 Å². The van der Waals surface area contributed by atoms with Gasteiger partial charge in [0.1, 0.15) is 5.58 Å². The van der Waals surface area contributed by atoms with Crippen molar-refractivity contribution < 1.29 is 4.42 Å². The highest BCUT2D eigenvalue weighted by molar-refractivity contribution is 6.22. The highest BCUT2D eigenvalue weighted by Crippen LogP contribution is 2.49. The van der Waals surface area contributed by atoms with Crippen LogP contribution in [0.4, 0.5) is 17.1 Å². The zero-order valence-electron chi connectivity index (χ0n) is 33.9. The molecule has 1 heterocycles. The van der Waals surface area contributed by atoms with Crippen LogP contribution in [-0.2, 0) is 0 Å². The van der Waals surface area contributed by atoms with Crippen LogP contribution in [0.5, 0.6) is 0 Å². The number of fused-ring (bicyclic) bond motifs is 7. The average molecular weight is 790 g/mol. The maximum atomic E-state index is 6.79. The number of hydrogen-bond donors (Lipinski definition) is 0. The van der Waals surface area contributed by atoms with Crippen LogP contribution in [0.2, 0.25) is 0 Å². The Kier molecular flexibility index (Phi) is 8.53. The first-order chi connectivity index (χ1) is 30.8. The minimum atomic E-state index is 0.850. The van der Waals surface area contributed by atoms with E-state index in [0.717, 1.165) is 55.7 Å². The van der Waals surface area contributed by atoms with Gasteiger partial charge in [0.05, 0.1) is 11.4 Å². The molecule has 0 bridgehead atoms. The summed E-state index contributed by atoms with van der Waals surface area (Å²) < 4.78 is 6.79. The Balaban J connectivity index is 1.12. The predicted molar refractivity (Wildman–Crippen MR) is 263 cm³/mol. The monoisotopic (exact) mass is 789 g/mol. The highest BCUT2D eigenvalue weighted by Gasteiger charge is 2.24. The van der Waals surface area contributed by atoms with Crippen LogP contribution in [0.15, 0.2) is 241 Å². The second-order valence-electron chi connectivity index (χ2n) is 16.0. The third kappa shape index (κ3) is 5.96. The van der Waals surface area contributed by atoms with E-state index in [-0.39, 0.29) is 0 Å². The van der Waals surface area contributed by atoms with E-state index in [2.05, 4.69) is 235 Å². The van der Waals surface area contributed by atoms with Gasteiger partial charge < -0.3 is 9.32 Å². The number of furan rings is 1. The fraction of sp³-hybridized carbons (Fsp3) is 0. The lowest BCUT2D eigenvalue weighted by Gasteiger charge is -2.28. The molecule has 290 valence electrons. The van der Waals surface area contributed by atoms with Crippen molar-refractivity contribution in [3.8, 4) is 44.5 Å². The second-order valence-corrected chi connectivity index (χ2v) is 16.0. The van der Waals surface area contributed by atoms with Gasteiger partial charge in [-0.2, -0.15) is 0 Å². The van der Waals surface area contributed by atoms with Crippen molar-refractivity contribution in [1.29, 1.82) is 0 Å². The molecule has 0 aliphatic carbocycles. The third-order valence-electron chi connectivity index (χ3n) is 12.4. The fourth-order valence-corrected chi connectivity index (χ4v) is 9.59. The summed E-state index contributed by atoms with van der Waals surface area (Å²) in [5.74, 6) is 0. The summed E-state index contributed by atoms with van der Waals surface area (Å²) >= 11 is 0. The molecule has 0 aliphatic rings. The van der Waals surface area contributed by atoms with Crippen molar-refractivity contribution in [2.75, 3.05) is 4.90 Å². The SMILES string of the molecule is c1ccc(-c2c(-c3ccccc3)c3cc(-c4ccccc4N(c4cccc(-c5ccc6ccccc6c5)c4)c4cccc5c4oc4ccccc45)ccc3c3ccccc23)cc1. The molecule has 12 aromatic rings. The first-order valence-corrected chi connectivity index (χ1v) is 21.3. The van der Waals surface area contributed by atoms with E-state index in [1.165, 1.54) is 60.1 Å². The standard InChI is InChI=1S/C60H39NO/c1-3-18-41(19-4-1)58-52-28-10-9-26-49(52)50-36-35-46(39-54(50)59(58)42-20-5-2-6-21-42)48-25-11-13-30-55(48)61(56-31-16-29-53-51-27-12-14-32-57(51)62-60(53)56)47-24-15-23-44(38-47)45-34-33-40-17-7-8-22-43(40)37-45/h1-39H. The molecule has 62 heavy (non-hydrogen) atoms. The Labute approximate surface area is 360 Å². The van der Waals surface area contributed by atoms with Gasteiger partial charge in [-0.1, -0.05) is 194 Å². The first-order valence-electron chi connectivity index (χ1n) is 21.3. The molecule has 0 unspecified atom stereocenters. The van der Waals surface area contributed by atoms with Crippen molar-refractivity contribution in [3.63, 3.8) is 0 Å². The molecule has 0 aliphatic heterocycles. The van der Waals surface area contributed by atoms with Gasteiger partial charge in [-0.3, -0.25) is 0 Å². The van der Waals surface area contributed by atoms with Gasteiger partial charge in [0, 0.05) is 22.0 Å². The Morgan fingerprint density at radius 2 is 0.855 bits per heavy atom. The van der Waals surface area contributed by atoms with Crippen LogP contribution in [-0.4, -0.2) is 0 Å². The van der Waals surface area contributed by atoms with E-state index in [0.29, 0.717) is 0 Å². The van der Waals surface area contributed by atoms with Gasteiger partial charge in [0.25, 0.3) is 0 Å². The van der Waals surface area contributed by atoms with Gasteiger partial charge in [-0.05, 0) is 114 Å². The van der Waals surface area contributed by atoms with Crippen LogP contribution >= 0.6 is 0 Å². The van der Waals surface area contributed by atoms with Gasteiger partial charge in [-0.15, -0.1) is 0 Å². The van der Waals surface area contributed by atoms with Crippen LogP contribution in [0.1, 0.15) is 0 Å². The van der Waals surface area contributed by atoms with Crippen LogP contribution in [0.25, 0.3) is 98.8 Å². The topological polar surface area (TPSA) is 16.4 Å². The minimum Gasteiger partial charge on any atom is -0.454 e. The summed E-state index contributed by atoms with van der Waals surface area (Å²) in [6.07, 6.45) is 0. The lowest BCUT2D eigenvalue weighted by molar-refractivity contribution is 0.669. The minimum absolute atomic E-state index is 0.850. The Morgan fingerprint density at radius 3 is 1.68 bits per heavy atom. The highest BCUT2D eigenvalue weighted by atomic mass is 16.3. The molecule has 0 atom stereocenters. The van der Waals surface area contributed by atoms with Crippen molar-refractivity contribution in [2.24, 2.45) is 0 Å². The Bertz CT molecular complexity index is 3640. The largest absolute Gasteiger partial charge is 0.454 e. The number of anilines is 3. The average Bonchev–Trinajstić information content (AvgIpc) is 3.74. The van der Waals surface area contributed by atoms with Crippen molar-refractivity contribution in [1.82, 2.24) is 0 Å². The second kappa shape index (κ2) is 14.8. The molecule has 2 nitrogen and oxygen atoms in total. The molecule has 1 aromatic heterocycles. The van der Waals surface area contributed by atoms with E-state index in [1.54, 1.807) is 0 Å². The maximum Gasteiger partial charge on any atom is 0.159 e. The van der Waals surface area contributed by atoms with Crippen LogP contribution < -0.4 is 4.90 Å². The molecule has 0 spiro atoms. The molecule has 0 radical (unpaired) electrons. The molecular formula is C60H39NO. The quantitative estimate of drug-likeness (QED) is 0.150. The van der Waals surface area contributed by atoms with Crippen molar-refractivity contribution in [3.05, 3.63) is 237 Å². The number of hydrogen-bond acceptors (Lipinski definition) is 2. The third-order valence-corrected chi connectivity index (χ3v) is 12.4. The van der Waals surface area contributed by atoms with E-state index in [4.69, 9.17) is 4.42 Å². The smallest absolute Gasteiger partial charge is 0.159 e. The van der Waals surface area contributed by atoms with E-state index >= 15 is 0 Å². The Morgan fingerprint density at radius 1 is 0.290 bits per heavy atom. The molecule has 12 rings (SSSR count). The molecule has 0 N–H and O–H groups in total. The molecule has 0 saturated carbocycles. The lowest BCUT2D eigenvalue weighted by atomic mass is 9.84. The summed E-state index contributed by atoms with van der Waals surface area (Å²) in [5, 5.41) is 9.57. The molecule has 0 saturated heterocycles. The van der Waals surface area contributed by atoms with Gasteiger partial charge in [0.2, 0.25) is 0 Å². The normalized spacial score (nSPS) is 11.5. The summed E-state index contributed by atoms with van der Waals surface area (Å²) in [7, 11) is 0. The van der Waals surface area contributed by atoms with Gasteiger partial charge in [0.15, 0.2) is 5.58 Å². The Hall–Kier alpha value is -8.20. The zero-order chi connectivity index (χ0) is 41.0. The first kappa shape index (κ1) is 35.7. The zero-order valence-corrected chi connectivity index (χ0v) is 33.9. The molecule has 0 fully saturated rings. The van der Waals surface area contributed by atoms with Gasteiger partial charge in [-0.25, -0.2) is 0 Å². The fourth-order valence-electron chi connectivity index (χ4n) is 9.59. The molecule has 11 aromatic carbocycles. The molecule has 2 heteroatoms. The molecular weight excluding hydrogens is 751 g/mol. The summed E-state index contributed by atoms with van der Waals surface area (Å²) in [6, 6.07) is 85.5. The van der Waals surface area contributed by atoms with Crippen LogP contribution in [0.3, 0.4) is 0 Å². The summed E-state index contributed by atoms with van der Waals surface area (Å²) in [5.41, 5.74) is 14.2. The van der Waals surface area contributed by atoms with E-state index in [1.807, 2.05) is 6.07 Å². The number of para-hydroxylation sites is 3. The number of nitrogens with zero attached hydrogens (tertiary/aromatic N) is 1. The summed E-state index contributed by atoms with van der Waals surface area (Å²) in [4.78, 5) is 2.39. The lowest BCUT2D eigenvalue weighted by Crippen LogP contribution is -2.11.